The van der Waals surface area contributed by atoms with E-state index in [-0.39, 0.29) is 23.4 Å². The number of hydrogen-bond donors (Lipinski definition) is 1. The normalized spacial score (nSPS) is 12.2. The maximum Gasteiger partial charge on any atom is 0.417 e. The molecule has 9 heteroatoms. The Morgan fingerprint density at radius 1 is 1.02 bits per heavy atom. The second kappa shape index (κ2) is 12.4. The number of ether oxygens (including phenoxy) is 1. The Labute approximate surface area is 236 Å². The Hall–Kier alpha value is -4.40. The first kappa shape index (κ1) is 29.6. The minimum absolute atomic E-state index is 0.0779. The molecule has 0 amide bonds. The minimum atomic E-state index is -4.64. The highest BCUT2D eigenvalue weighted by Crippen LogP contribution is 2.37. The first-order chi connectivity index (χ1) is 19.5. The molecule has 0 fully saturated rings. The fourth-order valence-corrected chi connectivity index (χ4v) is 4.80. The highest BCUT2D eigenvalue weighted by molar-refractivity contribution is 5.75. The van der Waals surface area contributed by atoms with Crippen LogP contribution >= 0.6 is 0 Å². The lowest BCUT2D eigenvalue weighted by Gasteiger charge is -2.20. The van der Waals surface area contributed by atoms with Gasteiger partial charge in [0.05, 0.1) is 23.4 Å². The molecule has 0 saturated carbocycles. The van der Waals surface area contributed by atoms with Crippen LogP contribution < -0.4 is 10.3 Å². The molecule has 0 bridgehead atoms. The molecule has 0 aliphatic carbocycles. The second-order valence-electron chi connectivity index (χ2n) is 9.87. The van der Waals surface area contributed by atoms with Gasteiger partial charge in [-0.3, -0.25) is 9.36 Å². The van der Waals surface area contributed by atoms with Gasteiger partial charge < -0.3 is 9.84 Å². The van der Waals surface area contributed by atoms with Crippen molar-refractivity contribution in [3.05, 3.63) is 117 Å². The Bertz CT molecular complexity index is 1600. The van der Waals surface area contributed by atoms with Crippen LogP contribution in [-0.4, -0.2) is 20.6 Å². The Balaban J connectivity index is 1.74. The van der Waals surface area contributed by atoms with E-state index in [1.165, 1.54) is 22.8 Å². The van der Waals surface area contributed by atoms with Gasteiger partial charge in [0.15, 0.2) is 0 Å². The second-order valence-corrected chi connectivity index (χ2v) is 9.87. The molecule has 4 aromatic rings. The third-order valence-corrected chi connectivity index (χ3v) is 6.84. The molecule has 3 aromatic carbocycles. The van der Waals surface area contributed by atoms with Crippen LogP contribution in [0.1, 0.15) is 59.6 Å². The van der Waals surface area contributed by atoms with Crippen LogP contribution in [0.25, 0.3) is 11.1 Å². The van der Waals surface area contributed by atoms with Gasteiger partial charge in [-0.1, -0.05) is 74.0 Å². The number of nitrogens with zero attached hydrogens (tertiary/aromatic N) is 2. The number of aryl methyl sites for hydroxylation is 3. The van der Waals surface area contributed by atoms with Crippen molar-refractivity contribution >= 4 is 5.97 Å². The van der Waals surface area contributed by atoms with E-state index in [0.29, 0.717) is 34.7 Å². The summed E-state index contributed by atoms with van der Waals surface area (Å²) in [5.74, 6) is -0.273. The number of carboxylic acid groups (broad SMARTS) is 1. The summed E-state index contributed by atoms with van der Waals surface area (Å²) >= 11 is 0. The van der Waals surface area contributed by atoms with Crippen molar-refractivity contribution in [1.82, 2.24) is 9.55 Å². The van der Waals surface area contributed by atoms with E-state index in [4.69, 9.17) is 4.74 Å². The predicted molar refractivity (Wildman–Crippen MR) is 150 cm³/mol. The third-order valence-electron chi connectivity index (χ3n) is 6.84. The average molecular weight is 565 g/mol. The molecule has 0 radical (unpaired) electrons. The van der Waals surface area contributed by atoms with Gasteiger partial charge in [0.2, 0.25) is 6.10 Å². The lowest BCUT2D eigenvalue weighted by atomic mass is 9.98. The Morgan fingerprint density at radius 3 is 2.34 bits per heavy atom. The van der Waals surface area contributed by atoms with E-state index >= 15 is 0 Å². The summed E-state index contributed by atoms with van der Waals surface area (Å²) in [5, 5.41) is 9.73. The van der Waals surface area contributed by atoms with Crippen molar-refractivity contribution in [2.75, 3.05) is 0 Å². The molecule has 0 aliphatic heterocycles. The van der Waals surface area contributed by atoms with Crippen LogP contribution in [0.2, 0.25) is 0 Å². The first-order valence-electron chi connectivity index (χ1n) is 13.3. The van der Waals surface area contributed by atoms with Gasteiger partial charge >= 0.3 is 12.1 Å². The minimum Gasteiger partial charge on any atom is -0.478 e. The van der Waals surface area contributed by atoms with Crippen LogP contribution in [0, 0.1) is 13.8 Å². The number of carbonyl (C=O) groups is 1. The molecule has 0 aliphatic rings. The van der Waals surface area contributed by atoms with Crippen molar-refractivity contribution < 1.29 is 27.8 Å². The third kappa shape index (κ3) is 6.67. The molecular weight excluding hydrogens is 533 g/mol. The number of rotatable bonds is 10. The number of carboxylic acids is 1. The van der Waals surface area contributed by atoms with Crippen LogP contribution in [0.15, 0.2) is 77.6 Å². The summed E-state index contributed by atoms with van der Waals surface area (Å²) in [6.07, 6.45) is -3.74. The number of benzene rings is 3. The SMILES string of the molecule is CCCCc1nc(C)c(-c2ccccc2C(F)(F)F)c(=O)n1Cc1ccc(OC(C(=O)O)c2ccccc2)c(C)c1. The standard InChI is InChI=1S/C32H31F3N2O4/c1-4-5-15-27-36-21(3)28(24-13-9-10-14-25(24)32(33,34)35)30(38)37(27)19-22-16-17-26(20(2)18-22)41-29(31(39)40)23-11-7-6-8-12-23/h6-14,16-18,29H,4-5,15,19H2,1-3H3,(H,39,40). The van der Waals surface area contributed by atoms with Crippen molar-refractivity contribution in [2.45, 2.75) is 58.9 Å². The number of aliphatic carboxylic acids is 1. The monoisotopic (exact) mass is 564 g/mol. The van der Waals surface area contributed by atoms with Gasteiger partial charge in [0, 0.05) is 17.5 Å². The van der Waals surface area contributed by atoms with Crippen LogP contribution in [0.4, 0.5) is 13.2 Å². The van der Waals surface area contributed by atoms with Crippen molar-refractivity contribution in [3.8, 4) is 16.9 Å². The zero-order chi connectivity index (χ0) is 29.7. The number of alkyl halides is 3. The highest BCUT2D eigenvalue weighted by Gasteiger charge is 2.35. The molecule has 4 rings (SSSR count). The molecule has 1 N–H and O–H groups in total. The van der Waals surface area contributed by atoms with Crippen molar-refractivity contribution in [2.24, 2.45) is 0 Å². The summed E-state index contributed by atoms with van der Waals surface area (Å²) in [7, 11) is 0. The average Bonchev–Trinajstić information content (AvgIpc) is 2.93. The van der Waals surface area contributed by atoms with Crippen LogP contribution in [-0.2, 0) is 23.9 Å². The van der Waals surface area contributed by atoms with Crippen molar-refractivity contribution in [3.63, 3.8) is 0 Å². The summed E-state index contributed by atoms with van der Waals surface area (Å²) in [6, 6.07) is 18.8. The Morgan fingerprint density at radius 2 is 1.71 bits per heavy atom. The molecule has 6 nitrogen and oxygen atoms in total. The number of hydrogen-bond acceptors (Lipinski definition) is 4. The first-order valence-corrected chi connectivity index (χ1v) is 13.3. The highest BCUT2D eigenvalue weighted by atomic mass is 19.4. The van der Waals surface area contributed by atoms with E-state index < -0.39 is 29.4 Å². The maximum absolute atomic E-state index is 13.9. The van der Waals surface area contributed by atoms with E-state index in [1.54, 1.807) is 62.4 Å². The number of aromatic nitrogens is 2. The molecule has 1 aromatic heterocycles. The smallest absolute Gasteiger partial charge is 0.417 e. The molecule has 214 valence electrons. The van der Waals surface area contributed by atoms with Crippen molar-refractivity contribution in [1.29, 1.82) is 0 Å². The quantitative estimate of drug-likeness (QED) is 0.221. The molecular formula is C32H31F3N2O4. The van der Waals surface area contributed by atoms with Gasteiger partial charge in [-0.15, -0.1) is 0 Å². The molecule has 1 unspecified atom stereocenters. The summed E-state index contributed by atoms with van der Waals surface area (Å²) in [4.78, 5) is 30.4. The summed E-state index contributed by atoms with van der Waals surface area (Å²) in [5.41, 5.74) is 0.361. The maximum atomic E-state index is 13.9. The molecule has 1 heterocycles. The van der Waals surface area contributed by atoms with Crippen LogP contribution in [0.5, 0.6) is 5.75 Å². The lowest BCUT2D eigenvalue weighted by molar-refractivity contribution is -0.145. The molecule has 41 heavy (non-hydrogen) atoms. The van der Waals surface area contributed by atoms with E-state index in [9.17, 15) is 27.9 Å². The van der Waals surface area contributed by atoms with Gasteiger partial charge in [-0.2, -0.15) is 13.2 Å². The fourth-order valence-electron chi connectivity index (χ4n) is 4.80. The molecule has 1 atom stereocenters. The topological polar surface area (TPSA) is 81.4 Å². The zero-order valence-corrected chi connectivity index (χ0v) is 23.0. The van der Waals surface area contributed by atoms with Crippen LogP contribution in [0.3, 0.4) is 0 Å². The summed E-state index contributed by atoms with van der Waals surface area (Å²) < 4.78 is 48.8. The van der Waals surface area contributed by atoms with Gasteiger partial charge in [-0.25, -0.2) is 9.78 Å². The molecule has 0 spiro atoms. The van der Waals surface area contributed by atoms with E-state index in [1.807, 2.05) is 6.92 Å². The van der Waals surface area contributed by atoms with Gasteiger partial charge in [0.25, 0.3) is 5.56 Å². The van der Waals surface area contributed by atoms with E-state index in [2.05, 4.69) is 4.98 Å². The van der Waals surface area contributed by atoms with Gasteiger partial charge in [-0.05, 0) is 43.5 Å². The predicted octanol–water partition coefficient (Wildman–Crippen LogP) is 7.14. The summed E-state index contributed by atoms with van der Waals surface area (Å²) in [6.45, 7) is 5.41. The van der Waals surface area contributed by atoms with Gasteiger partial charge in [0.1, 0.15) is 11.6 Å². The fraction of sp³-hybridized carbons (Fsp3) is 0.281. The van der Waals surface area contributed by atoms with E-state index in [0.717, 1.165) is 18.9 Å². The largest absolute Gasteiger partial charge is 0.478 e. The lowest BCUT2D eigenvalue weighted by Crippen LogP contribution is -2.29. The zero-order valence-electron chi connectivity index (χ0n) is 23.0. The number of halogens is 3. The molecule has 0 saturated heterocycles. The number of unbranched alkanes of at least 4 members (excludes halogenated alkanes) is 1. The Kier molecular flexibility index (Phi) is 8.95.